The van der Waals surface area contributed by atoms with Crippen molar-refractivity contribution in [3.8, 4) is 67.1 Å². The van der Waals surface area contributed by atoms with Gasteiger partial charge in [-0.1, -0.05) is 72.8 Å². The number of halogens is 6. The zero-order chi connectivity index (χ0) is 39.7. The van der Waals surface area contributed by atoms with Crippen molar-refractivity contribution in [1.29, 1.82) is 0 Å². The van der Waals surface area contributed by atoms with Crippen LogP contribution in [0.3, 0.4) is 0 Å². The number of fused-ring (bicyclic) bond motifs is 7. The van der Waals surface area contributed by atoms with Crippen LogP contribution in [0.4, 0.5) is 26.3 Å². The Hall–Kier alpha value is -5.31. The first-order valence-electron chi connectivity index (χ1n) is 18.9. The molecule has 0 unspecified atom stereocenters. The zero-order valence-electron chi connectivity index (χ0n) is 30.4. The van der Waals surface area contributed by atoms with Crippen LogP contribution in [0, 0.1) is 0 Å². The minimum absolute atomic E-state index is 0.255. The molecule has 0 atom stereocenters. The molecule has 11 heteroatoms. The van der Waals surface area contributed by atoms with E-state index >= 15 is 0 Å². The minimum Gasteiger partial charge on any atom is -0.394 e. The monoisotopic (exact) mass is 796 g/mol. The van der Waals surface area contributed by atoms with Gasteiger partial charge >= 0.3 is 20.2 Å². The van der Waals surface area contributed by atoms with Crippen molar-refractivity contribution in [3.05, 3.63) is 143 Å². The molecule has 0 spiro atoms. The average molecular weight is 797 g/mol. The summed E-state index contributed by atoms with van der Waals surface area (Å²) in [7, 11) is -4.80. The topological polar surface area (TPSA) is 55.8 Å². The molecule has 0 aromatic heterocycles. The summed E-state index contributed by atoms with van der Waals surface area (Å²) in [6, 6.07) is 28.7. The maximum atomic E-state index is 14.1. The fourth-order valence-electron chi connectivity index (χ4n) is 8.55. The van der Waals surface area contributed by atoms with Crippen LogP contribution < -0.4 is 9.05 Å². The first-order chi connectivity index (χ1) is 27.2. The van der Waals surface area contributed by atoms with E-state index in [0.717, 1.165) is 109 Å². The fraction of sp³-hybridized carbons (Fsp3) is 0.217. The van der Waals surface area contributed by atoms with Crippen LogP contribution >= 0.6 is 7.82 Å². The van der Waals surface area contributed by atoms with E-state index < -0.39 is 31.3 Å². The Labute approximate surface area is 325 Å². The first-order valence-corrected chi connectivity index (χ1v) is 20.4. The van der Waals surface area contributed by atoms with Crippen molar-refractivity contribution >= 4 is 7.82 Å². The average Bonchev–Trinajstić information content (AvgIpc) is 3.33. The lowest BCUT2D eigenvalue weighted by Gasteiger charge is -2.28. The van der Waals surface area contributed by atoms with E-state index in [1.54, 1.807) is 0 Å². The molecule has 1 N–H and O–H groups in total. The van der Waals surface area contributed by atoms with Crippen LogP contribution in [0.25, 0.3) is 55.6 Å². The Morgan fingerprint density at radius 2 is 0.754 bits per heavy atom. The Bertz CT molecular complexity index is 2380. The van der Waals surface area contributed by atoms with Crippen molar-refractivity contribution in [3.63, 3.8) is 0 Å². The van der Waals surface area contributed by atoms with Gasteiger partial charge in [-0.05, 0) is 143 Å². The van der Waals surface area contributed by atoms with Gasteiger partial charge in [0.1, 0.15) is 11.5 Å². The minimum atomic E-state index is -4.80. The standard InChI is InChI=1S/C46H35F6O4P/c47-45(48,49)35-21-17-29(18-22-35)27-9-13-31(14-10-27)39-25-33-5-1-3-7-37(33)41-42-38-8-4-2-6-34(38)26-40(44(42)56-57(53,54)55-43(39)41)32-15-11-28(12-16-32)30-19-23-36(24-20-30)46(50,51)52/h9-26H,1-8H2,(H,53,54). The summed E-state index contributed by atoms with van der Waals surface area (Å²) in [5.74, 6) is 0.509. The van der Waals surface area contributed by atoms with Crippen LogP contribution in [-0.4, -0.2) is 4.89 Å². The number of alkyl halides is 6. The van der Waals surface area contributed by atoms with Crippen molar-refractivity contribution in [2.75, 3.05) is 0 Å². The number of rotatable bonds is 4. The molecular formula is C46H35F6O4P. The van der Waals surface area contributed by atoms with Crippen LogP contribution in [0.15, 0.2) is 109 Å². The van der Waals surface area contributed by atoms with Crippen LogP contribution in [0.5, 0.6) is 11.5 Å². The summed E-state index contributed by atoms with van der Waals surface area (Å²) in [5, 5.41) is 0. The van der Waals surface area contributed by atoms with E-state index in [4.69, 9.17) is 9.05 Å². The van der Waals surface area contributed by atoms with E-state index in [-0.39, 0.29) is 11.5 Å². The number of phosphoric acid groups is 1. The van der Waals surface area contributed by atoms with Gasteiger partial charge in [0.25, 0.3) is 0 Å². The molecule has 0 amide bonds. The molecule has 6 aromatic carbocycles. The van der Waals surface area contributed by atoms with Gasteiger partial charge in [0.05, 0.1) is 11.1 Å². The Morgan fingerprint density at radius 1 is 0.456 bits per heavy atom. The predicted molar refractivity (Wildman–Crippen MR) is 208 cm³/mol. The van der Waals surface area contributed by atoms with E-state index in [2.05, 4.69) is 0 Å². The number of aryl methyl sites for hydroxylation is 2. The highest BCUT2D eigenvalue weighted by molar-refractivity contribution is 7.48. The second-order valence-corrected chi connectivity index (χ2v) is 16.2. The van der Waals surface area contributed by atoms with Gasteiger partial charge in [-0.15, -0.1) is 0 Å². The maximum absolute atomic E-state index is 14.1. The molecule has 0 fully saturated rings. The van der Waals surface area contributed by atoms with Gasteiger partial charge in [0, 0.05) is 22.3 Å². The Kier molecular flexibility index (Phi) is 9.13. The summed E-state index contributed by atoms with van der Waals surface area (Å²) in [6.07, 6.45) is -1.97. The lowest BCUT2D eigenvalue weighted by atomic mass is 9.77. The molecule has 1 heterocycles. The van der Waals surface area contributed by atoms with Crippen LogP contribution in [-0.2, 0) is 42.6 Å². The Balaban J connectivity index is 1.20. The number of hydrogen-bond acceptors (Lipinski definition) is 3. The van der Waals surface area contributed by atoms with E-state index in [1.165, 1.54) is 24.3 Å². The third-order valence-corrected chi connectivity index (χ3v) is 12.2. The molecule has 57 heavy (non-hydrogen) atoms. The molecular weight excluding hydrogens is 761 g/mol. The SMILES string of the molecule is O=P1(O)Oc2c(-c3ccc(-c4ccc(C(F)(F)F)cc4)cc3)cc3c(c2-c2c4c(cc(-c5ccc(-c6ccc(C(F)(F)F)cc6)cc5)c2O1)CCCC4)CCCC3. The molecule has 1 aliphatic heterocycles. The van der Waals surface area contributed by atoms with Gasteiger partial charge in [-0.3, -0.25) is 4.89 Å². The van der Waals surface area contributed by atoms with Crippen molar-refractivity contribution < 1.29 is 44.8 Å². The summed E-state index contributed by atoms with van der Waals surface area (Å²) in [4.78, 5) is 11.5. The second-order valence-electron chi connectivity index (χ2n) is 14.9. The van der Waals surface area contributed by atoms with Gasteiger partial charge in [0.15, 0.2) is 0 Å². The highest BCUT2D eigenvalue weighted by Gasteiger charge is 2.40. The summed E-state index contributed by atoms with van der Waals surface area (Å²) in [6.45, 7) is 0. The number of phosphoric ester groups is 1. The van der Waals surface area contributed by atoms with Crippen molar-refractivity contribution in [2.24, 2.45) is 0 Å². The van der Waals surface area contributed by atoms with E-state index in [1.807, 2.05) is 60.7 Å². The summed E-state index contributed by atoms with van der Waals surface area (Å²) >= 11 is 0. The van der Waals surface area contributed by atoms with E-state index in [0.29, 0.717) is 44.5 Å². The lowest BCUT2D eigenvalue weighted by Crippen LogP contribution is -2.10. The van der Waals surface area contributed by atoms with Crippen molar-refractivity contribution in [2.45, 2.75) is 63.7 Å². The third-order valence-electron chi connectivity index (χ3n) is 11.4. The molecule has 0 saturated carbocycles. The predicted octanol–water partition coefficient (Wildman–Crippen LogP) is 13.7. The molecule has 3 aliphatic rings. The number of benzene rings is 6. The van der Waals surface area contributed by atoms with Crippen LogP contribution in [0.1, 0.15) is 59.1 Å². The van der Waals surface area contributed by atoms with Gasteiger partial charge in [-0.25, -0.2) is 4.57 Å². The second kappa shape index (κ2) is 14.0. The van der Waals surface area contributed by atoms with Gasteiger partial charge in [-0.2, -0.15) is 26.3 Å². The largest absolute Gasteiger partial charge is 0.584 e. The summed E-state index contributed by atoms with van der Waals surface area (Å²) < 4.78 is 106. The smallest absolute Gasteiger partial charge is 0.394 e. The highest BCUT2D eigenvalue weighted by Crippen LogP contribution is 2.62. The third kappa shape index (κ3) is 7.04. The maximum Gasteiger partial charge on any atom is 0.584 e. The van der Waals surface area contributed by atoms with Crippen molar-refractivity contribution in [1.82, 2.24) is 0 Å². The first kappa shape index (κ1) is 37.3. The van der Waals surface area contributed by atoms with Gasteiger partial charge in [0.2, 0.25) is 0 Å². The molecule has 0 bridgehead atoms. The molecule has 0 radical (unpaired) electrons. The zero-order valence-corrected chi connectivity index (χ0v) is 31.3. The molecule has 290 valence electrons. The lowest BCUT2D eigenvalue weighted by molar-refractivity contribution is -0.138. The molecule has 4 nitrogen and oxygen atoms in total. The molecule has 0 saturated heterocycles. The highest BCUT2D eigenvalue weighted by atomic mass is 31.2. The fourth-order valence-corrected chi connectivity index (χ4v) is 9.43. The quantitative estimate of drug-likeness (QED) is 0.143. The molecule has 6 aromatic rings. The summed E-state index contributed by atoms with van der Waals surface area (Å²) in [5.41, 5.74) is 9.67. The van der Waals surface area contributed by atoms with E-state index in [9.17, 15) is 35.8 Å². The Morgan fingerprint density at radius 3 is 1.09 bits per heavy atom. The molecule has 2 aliphatic carbocycles. The van der Waals surface area contributed by atoms with Gasteiger partial charge < -0.3 is 9.05 Å². The molecule has 9 rings (SSSR count). The van der Waals surface area contributed by atoms with Crippen LogP contribution in [0.2, 0.25) is 0 Å². The number of hydrogen-bond donors (Lipinski definition) is 1. The normalized spacial score (nSPS) is 15.9.